The van der Waals surface area contributed by atoms with Gasteiger partial charge >= 0.3 is 6.18 Å². The fraction of sp³-hybridized carbons (Fsp3) is 0.435. The molecule has 0 radical (unpaired) electrons. The van der Waals surface area contributed by atoms with Gasteiger partial charge in [-0.2, -0.15) is 13.2 Å². The van der Waals surface area contributed by atoms with Crippen LogP contribution in [0.3, 0.4) is 0 Å². The average molecular weight is 483 g/mol. The number of rotatable bonds is 5. The van der Waals surface area contributed by atoms with Crippen LogP contribution in [0.15, 0.2) is 30.5 Å². The van der Waals surface area contributed by atoms with Crippen LogP contribution in [-0.2, 0) is 15.8 Å². The van der Waals surface area contributed by atoms with Gasteiger partial charge in [0.05, 0.1) is 17.1 Å². The highest BCUT2D eigenvalue weighted by molar-refractivity contribution is 6.33. The van der Waals surface area contributed by atoms with E-state index in [0.717, 1.165) is 29.1 Å². The molecule has 1 aliphatic rings. The maximum atomic E-state index is 12.8. The van der Waals surface area contributed by atoms with Gasteiger partial charge in [-0.1, -0.05) is 29.8 Å². The van der Waals surface area contributed by atoms with E-state index in [4.69, 9.17) is 11.6 Å². The van der Waals surface area contributed by atoms with E-state index < -0.39 is 11.7 Å². The van der Waals surface area contributed by atoms with Crippen molar-refractivity contribution in [2.24, 2.45) is 5.92 Å². The van der Waals surface area contributed by atoms with Crippen LogP contribution in [-0.4, -0.2) is 48.4 Å². The first kappa shape index (κ1) is 24.8. The van der Waals surface area contributed by atoms with E-state index in [1.807, 2.05) is 32.0 Å². The van der Waals surface area contributed by atoms with Gasteiger partial charge in [0.2, 0.25) is 11.8 Å². The number of nitrogens with one attached hydrogen (secondary N) is 1. The van der Waals surface area contributed by atoms with Crippen LogP contribution in [0, 0.1) is 19.8 Å². The third-order valence-corrected chi connectivity index (χ3v) is 6.07. The fourth-order valence-electron chi connectivity index (χ4n) is 3.95. The van der Waals surface area contributed by atoms with Crippen molar-refractivity contribution in [3.8, 4) is 0 Å². The van der Waals surface area contributed by atoms with Crippen molar-refractivity contribution in [2.45, 2.75) is 32.9 Å². The number of alkyl halides is 3. The molecule has 2 amide bonds. The van der Waals surface area contributed by atoms with Gasteiger partial charge in [-0.3, -0.25) is 9.59 Å². The van der Waals surface area contributed by atoms with Gasteiger partial charge in [-0.05, 0) is 43.9 Å². The molecule has 0 unspecified atom stereocenters. The second-order valence-electron chi connectivity index (χ2n) is 8.30. The number of nitrogens with zero attached hydrogens (tertiary/aromatic N) is 3. The minimum absolute atomic E-state index is 0.0703. The molecule has 0 bridgehead atoms. The van der Waals surface area contributed by atoms with Crippen LogP contribution < -0.4 is 10.2 Å². The molecule has 1 fully saturated rings. The number of anilines is 2. The van der Waals surface area contributed by atoms with Crippen LogP contribution in [0.1, 0.15) is 29.5 Å². The minimum atomic E-state index is -4.51. The highest BCUT2D eigenvalue weighted by Gasteiger charge is 2.33. The number of carbonyl (C=O) groups is 2. The summed E-state index contributed by atoms with van der Waals surface area (Å²) in [5.74, 6) is -0.427. The van der Waals surface area contributed by atoms with Crippen molar-refractivity contribution in [1.29, 1.82) is 0 Å². The van der Waals surface area contributed by atoms with Crippen molar-refractivity contribution < 1.29 is 22.8 Å². The van der Waals surface area contributed by atoms with Crippen molar-refractivity contribution in [2.75, 3.05) is 36.9 Å². The van der Waals surface area contributed by atoms with Crippen molar-refractivity contribution in [3.05, 3.63) is 52.2 Å². The van der Waals surface area contributed by atoms with E-state index in [2.05, 4.69) is 10.3 Å². The topological polar surface area (TPSA) is 65.5 Å². The average Bonchev–Trinajstić information content (AvgIpc) is 2.75. The summed E-state index contributed by atoms with van der Waals surface area (Å²) >= 11 is 6.04. The third-order valence-electron chi connectivity index (χ3n) is 5.80. The molecular formula is C23H26ClF3N4O2. The Labute approximate surface area is 195 Å². The molecule has 6 nitrogen and oxygen atoms in total. The third kappa shape index (κ3) is 5.96. The Hall–Kier alpha value is -2.81. The molecule has 2 aromatic rings. The van der Waals surface area contributed by atoms with Gasteiger partial charge in [-0.15, -0.1) is 0 Å². The molecule has 1 aromatic carbocycles. The maximum absolute atomic E-state index is 12.8. The molecule has 2 heterocycles. The molecule has 1 aromatic heterocycles. The number of para-hydroxylation sites is 1. The highest BCUT2D eigenvalue weighted by atomic mass is 35.5. The number of hydrogen-bond donors (Lipinski definition) is 1. The molecule has 33 heavy (non-hydrogen) atoms. The Kier molecular flexibility index (Phi) is 7.51. The molecule has 10 heteroatoms. The highest BCUT2D eigenvalue weighted by Crippen LogP contribution is 2.34. The molecule has 3 rings (SSSR count). The molecule has 1 aliphatic heterocycles. The normalized spacial score (nSPS) is 14.8. The maximum Gasteiger partial charge on any atom is 0.417 e. The predicted octanol–water partition coefficient (Wildman–Crippen LogP) is 4.68. The number of carbonyl (C=O) groups excluding carboxylic acids is 2. The van der Waals surface area contributed by atoms with Crippen molar-refractivity contribution >= 4 is 34.9 Å². The van der Waals surface area contributed by atoms with Crippen LogP contribution in [0.25, 0.3) is 0 Å². The Balaban J connectivity index is 1.55. The molecular weight excluding hydrogens is 457 g/mol. The summed E-state index contributed by atoms with van der Waals surface area (Å²) in [4.78, 5) is 32.4. The van der Waals surface area contributed by atoms with Gasteiger partial charge in [0.15, 0.2) is 0 Å². The molecule has 0 spiro atoms. The zero-order valence-corrected chi connectivity index (χ0v) is 19.4. The van der Waals surface area contributed by atoms with Crippen molar-refractivity contribution in [1.82, 2.24) is 9.88 Å². The number of piperidine rings is 1. The van der Waals surface area contributed by atoms with Gasteiger partial charge < -0.3 is 15.1 Å². The van der Waals surface area contributed by atoms with E-state index in [1.54, 1.807) is 11.9 Å². The molecule has 0 aliphatic carbocycles. The van der Waals surface area contributed by atoms with E-state index in [9.17, 15) is 22.8 Å². The number of benzene rings is 1. The van der Waals surface area contributed by atoms with Crippen LogP contribution >= 0.6 is 11.6 Å². The summed E-state index contributed by atoms with van der Waals surface area (Å²) in [6.07, 6.45) is -2.77. The number of amides is 2. The monoisotopic (exact) mass is 482 g/mol. The number of pyridine rings is 1. The van der Waals surface area contributed by atoms with Crippen LogP contribution in [0.2, 0.25) is 5.02 Å². The Bertz CT molecular complexity index is 1020. The molecule has 1 N–H and O–H groups in total. The summed E-state index contributed by atoms with van der Waals surface area (Å²) in [5, 5.41) is 2.80. The summed E-state index contributed by atoms with van der Waals surface area (Å²) in [7, 11) is 1.59. The Morgan fingerprint density at radius 1 is 1.21 bits per heavy atom. The first-order chi connectivity index (χ1) is 15.5. The lowest BCUT2D eigenvalue weighted by molar-refractivity contribution is -0.138. The number of likely N-dealkylation sites (N-methyl/N-ethyl adjacent to an activating group) is 1. The lowest BCUT2D eigenvalue weighted by atomic mass is 9.95. The summed E-state index contributed by atoms with van der Waals surface area (Å²) < 4.78 is 38.5. The zero-order valence-electron chi connectivity index (χ0n) is 18.7. The second kappa shape index (κ2) is 9.99. The predicted molar refractivity (Wildman–Crippen MR) is 121 cm³/mol. The van der Waals surface area contributed by atoms with E-state index in [0.29, 0.717) is 25.9 Å². The Morgan fingerprint density at radius 2 is 1.82 bits per heavy atom. The first-order valence-electron chi connectivity index (χ1n) is 10.6. The van der Waals surface area contributed by atoms with Gasteiger partial charge in [0.25, 0.3) is 0 Å². The summed E-state index contributed by atoms with van der Waals surface area (Å²) in [6.45, 7) is 4.60. The molecule has 0 saturated carbocycles. The SMILES string of the molecule is Cc1cccc(C)c1NC(=O)CN(C)C(=O)C1CCN(c2ncc(C(F)(F)F)cc2Cl)CC1. The lowest BCUT2D eigenvalue weighted by Crippen LogP contribution is -2.43. The van der Waals surface area contributed by atoms with Gasteiger partial charge in [0.1, 0.15) is 5.82 Å². The van der Waals surface area contributed by atoms with Crippen molar-refractivity contribution in [3.63, 3.8) is 0 Å². The minimum Gasteiger partial charge on any atom is -0.355 e. The van der Waals surface area contributed by atoms with Crippen LogP contribution in [0.4, 0.5) is 24.7 Å². The standard InChI is InChI=1S/C23H26ClF3N4O2/c1-14-5-4-6-15(2)20(14)29-19(32)13-30(3)22(33)16-7-9-31(10-8-16)21-18(24)11-17(12-28-21)23(25,26)27/h4-6,11-12,16H,7-10,13H2,1-3H3,(H,29,32). The number of halogens is 4. The molecule has 0 atom stereocenters. The molecule has 178 valence electrons. The van der Waals surface area contributed by atoms with E-state index in [-0.39, 0.29) is 35.1 Å². The number of hydrogen-bond acceptors (Lipinski definition) is 4. The van der Waals surface area contributed by atoms with Gasteiger partial charge in [-0.25, -0.2) is 4.98 Å². The second-order valence-corrected chi connectivity index (χ2v) is 8.70. The number of aromatic nitrogens is 1. The largest absolute Gasteiger partial charge is 0.417 e. The quantitative estimate of drug-likeness (QED) is 0.671. The number of aryl methyl sites for hydroxylation is 2. The van der Waals surface area contributed by atoms with Crippen LogP contribution in [0.5, 0.6) is 0 Å². The lowest BCUT2D eigenvalue weighted by Gasteiger charge is -2.34. The smallest absolute Gasteiger partial charge is 0.355 e. The van der Waals surface area contributed by atoms with E-state index >= 15 is 0 Å². The fourth-order valence-corrected chi connectivity index (χ4v) is 4.24. The first-order valence-corrected chi connectivity index (χ1v) is 10.9. The summed E-state index contributed by atoms with van der Waals surface area (Å²) in [5.41, 5.74) is 1.74. The van der Waals surface area contributed by atoms with Gasteiger partial charge in [0, 0.05) is 37.9 Å². The zero-order chi connectivity index (χ0) is 24.3. The summed E-state index contributed by atoms with van der Waals surface area (Å²) in [6, 6.07) is 6.59. The Morgan fingerprint density at radius 3 is 2.36 bits per heavy atom. The van der Waals surface area contributed by atoms with E-state index in [1.165, 1.54) is 4.90 Å². The molecule has 1 saturated heterocycles.